The van der Waals surface area contributed by atoms with Crippen LogP contribution < -0.4 is 10.0 Å². The van der Waals surface area contributed by atoms with Crippen molar-refractivity contribution in [3.8, 4) is 16.9 Å². The number of thiazole rings is 1. The van der Waals surface area contributed by atoms with E-state index in [4.69, 9.17) is 5.14 Å². The molecule has 0 saturated heterocycles. The predicted octanol–water partition coefficient (Wildman–Crippen LogP) is 3.56. The average Bonchev–Trinajstić information content (AvgIpc) is 2.92. The van der Waals surface area contributed by atoms with E-state index >= 15 is 0 Å². The molecule has 0 atom stereocenters. The van der Waals surface area contributed by atoms with E-state index in [2.05, 4.69) is 15.9 Å². The summed E-state index contributed by atoms with van der Waals surface area (Å²) in [5.74, 6) is -2.20. The van der Waals surface area contributed by atoms with Crippen LogP contribution in [0.3, 0.4) is 0 Å². The summed E-state index contributed by atoms with van der Waals surface area (Å²) in [6, 6.07) is 6.35. The van der Waals surface area contributed by atoms with Crippen LogP contribution in [0.5, 0.6) is 0 Å². The van der Waals surface area contributed by atoms with Crippen LogP contribution in [-0.4, -0.2) is 13.0 Å². The van der Waals surface area contributed by atoms with Gasteiger partial charge in [-0.2, -0.15) is 0 Å². The second-order valence-electron chi connectivity index (χ2n) is 5.46. The smallest absolute Gasteiger partial charge is 0.267 e. The summed E-state index contributed by atoms with van der Waals surface area (Å²) in [4.78, 5) is 10.9. The molecular formula is C16H11BrF2N2O3S2. The first-order valence-corrected chi connectivity index (χ1v) is 10.3. The second-order valence-corrected chi connectivity index (χ2v) is 8.67. The Morgan fingerprint density at radius 1 is 1.15 bits per heavy atom. The van der Waals surface area contributed by atoms with E-state index in [1.165, 1.54) is 9.95 Å². The molecule has 1 heterocycles. The molecule has 0 aliphatic carbocycles. The Morgan fingerprint density at radius 2 is 1.85 bits per heavy atom. The number of rotatable bonds is 3. The summed E-state index contributed by atoms with van der Waals surface area (Å²) >= 11 is 4.18. The van der Waals surface area contributed by atoms with E-state index in [9.17, 15) is 22.0 Å². The SMILES string of the molecule is Cc1ccc(-n2c(-c3cc(F)c(S(N)(=O)=O)cc3F)csc2=O)cc1Br. The van der Waals surface area contributed by atoms with Crippen molar-refractivity contribution in [3.05, 3.63) is 67.1 Å². The van der Waals surface area contributed by atoms with Crippen molar-refractivity contribution in [3.63, 3.8) is 0 Å². The first-order valence-electron chi connectivity index (χ1n) is 7.09. The number of halogens is 3. The van der Waals surface area contributed by atoms with Crippen LogP contribution in [-0.2, 0) is 10.0 Å². The third kappa shape index (κ3) is 3.37. The Balaban J connectivity index is 2.26. The fourth-order valence-corrected chi connectivity index (χ4v) is 4.12. The van der Waals surface area contributed by atoms with Crippen molar-refractivity contribution in [1.29, 1.82) is 0 Å². The number of nitrogens with zero attached hydrogens (tertiary/aromatic N) is 1. The summed E-state index contributed by atoms with van der Waals surface area (Å²) in [7, 11) is -4.41. The summed E-state index contributed by atoms with van der Waals surface area (Å²) in [6.45, 7) is 1.87. The van der Waals surface area contributed by atoms with Crippen molar-refractivity contribution < 1.29 is 17.2 Å². The predicted molar refractivity (Wildman–Crippen MR) is 99.1 cm³/mol. The van der Waals surface area contributed by atoms with E-state index in [0.717, 1.165) is 27.4 Å². The lowest BCUT2D eigenvalue weighted by atomic mass is 10.1. The van der Waals surface area contributed by atoms with Crippen LogP contribution in [0.25, 0.3) is 16.9 Å². The third-order valence-electron chi connectivity index (χ3n) is 3.71. The number of aryl methyl sites for hydroxylation is 1. The van der Waals surface area contributed by atoms with Gasteiger partial charge in [0.15, 0.2) is 0 Å². The molecule has 0 saturated carbocycles. The van der Waals surface area contributed by atoms with Gasteiger partial charge in [0.2, 0.25) is 10.0 Å². The molecule has 0 spiro atoms. The van der Waals surface area contributed by atoms with Crippen LogP contribution in [0.15, 0.2) is 49.9 Å². The number of hydrogen-bond acceptors (Lipinski definition) is 4. The molecule has 136 valence electrons. The normalized spacial score (nSPS) is 11.7. The maximum Gasteiger partial charge on any atom is 0.312 e. The third-order valence-corrected chi connectivity index (χ3v) is 6.22. The highest BCUT2D eigenvalue weighted by molar-refractivity contribution is 9.10. The molecule has 10 heteroatoms. The lowest BCUT2D eigenvalue weighted by Gasteiger charge is -2.11. The number of benzene rings is 2. The molecular weight excluding hydrogens is 450 g/mol. The first kappa shape index (κ1) is 18.9. The highest BCUT2D eigenvalue weighted by Crippen LogP contribution is 2.30. The zero-order valence-corrected chi connectivity index (χ0v) is 16.4. The van der Waals surface area contributed by atoms with Crippen molar-refractivity contribution in [2.45, 2.75) is 11.8 Å². The Morgan fingerprint density at radius 3 is 2.46 bits per heavy atom. The lowest BCUT2D eigenvalue weighted by molar-refractivity contribution is 0.555. The summed E-state index contributed by atoms with van der Waals surface area (Å²) < 4.78 is 53.3. The zero-order chi connectivity index (χ0) is 19.2. The number of primary sulfonamides is 1. The van der Waals surface area contributed by atoms with Crippen molar-refractivity contribution in [2.24, 2.45) is 5.14 Å². The van der Waals surface area contributed by atoms with Gasteiger partial charge in [-0.05, 0) is 36.8 Å². The molecule has 0 aliphatic rings. The standard InChI is InChI=1S/C16H11BrF2N2O3S2/c1-8-2-3-9(4-11(8)17)21-14(7-25-16(21)22)10-5-13(19)15(6-12(10)18)26(20,23)24/h2-7H,1H3,(H2,20,23,24). The van der Waals surface area contributed by atoms with Gasteiger partial charge in [-0.1, -0.05) is 33.3 Å². The minimum absolute atomic E-state index is 0.105. The molecule has 0 aliphatic heterocycles. The monoisotopic (exact) mass is 460 g/mol. The topological polar surface area (TPSA) is 82.2 Å². The number of hydrogen-bond donors (Lipinski definition) is 1. The Labute approximate surface area is 159 Å². The van der Waals surface area contributed by atoms with Gasteiger partial charge in [0.25, 0.3) is 0 Å². The average molecular weight is 461 g/mol. The van der Waals surface area contributed by atoms with E-state index in [1.807, 2.05) is 6.92 Å². The molecule has 5 nitrogen and oxygen atoms in total. The van der Waals surface area contributed by atoms with E-state index in [-0.39, 0.29) is 11.3 Å². The summed E-state index contributed by atoms with van der Waals surface area (Å²) in [6.07, 6.45) is 0. The minimum atomic E-state index is -4.41. The highest BCUT2D eigenvalue weighted by atomic mass is 79.9. The molecule has 26 heavy (non-hydrogen) atoms. The van der Waals surface area contributed by atoms with Gasteiger partial charge < -0.3 is 0 Å². The van der Waals surface area contributed by atoms with Crippen molar-refractivity contribution in [2.75, 3.05) is 0 Å². The molecule has 0 radical (unpaired) electrons. The molecule has 0 amide bonds. The van der Waals surface area contributed by atoms with Crippen LogP contribution in [0.4, 0.5) is 8.78 Å². The van der Waals surface area contributed by atoms with E-state index in [1.54, 1.807) is 18.2 Å². The van der Waals surface area contributed by atoms with E-state index in [0.29, 0.717) is 11.8 Å². The highest BCUT2D eigenvalue weighted by Gasteiger charge is 2.22. The number of aromatic nitrogens is 1. The van der Waals surface area contributed by atoms with Crippen molar-refractivity contribution in [1.82, 2.24) is 4.57 Å². The van der Waals surface area contributed by atoms with Gasteiger partial charge in [0.05, 0.1) is 11.4 Å². The maximum atomic E-state index is 14.5. The summed E-state index contributed by atoms with van der Waals surface area (Å²) in [5, 5.41) is 6.26. The van der Waals surface area contributed by atoms with Crippen LogP contribution in [0.2, 0.25) is 0 Å². The summed E-state index contributed by atoms with van der Waals surface area (Å²) in [5.41, 5.74) is 1.26. The van der Waals surface area contributed by atoms with Crippen LogP contribution in [0, 0.1) is 18.6 Å². The largest absolute Gasteiger partial charge is 0.312 e. The number of nitrogens with two attached hydrogens (primary N) is 1. The molecule has 0 bridgehead atoms. The van der Waals surface area contributed by atoms with Gasteiger partial charge in [0, 0.05) is 15.4 Å². The molecule has 0 unspecified atom stereocenters. The van der Waals surface area contributed by atoms with Gasteiger partial charge in [-0.3, -0.25) is 9.36 Å². The zero-order valence-electron chi connectivity index (χ0n) is 13.2. The molecule has 1 aromatic heterocycles. The van der Waals surface area contributed by atoms with Gasteiger partial charge >= 0.3 is 4.87 Å². The fraction of sp³-hybridized carbons (Fsp3) is 0.0625. The number of sulfonamides is 1. The molecule has 2 aromatic carbocycles. The minimum Gasteiger partial charge on any atom is -0.267 e. The fourth-order valence-electron chi connectivity index (χ4n) is 2.40. The van der Waals surface area contributed by atoms with Crippen LogP contribution in [0.1, 0.15) is 5.56 Å². The molecule has 0 fully saturated rings. The van der Waals surface area contributed by atoms with Crippen molar-refractivity contribution >= 4 is 37.3 Å². The second kappa shape index (κ2) is 6.69. The van der Waals surface area contributed by atoms with Gasteiger partial charge in [-0.25, -0.2) is 22.3 Å². The Bertz CT molecular complexity index is 1190. The Kier molecular flexibility index (Phi) is 4.86. The van der Waals surface area contributed by atoms with Gasteiger partial charge in [-0.15, -0.1) is 0 Å². The van der Waals surface area contributed by atoms with Gasteiger partial charge in [0.1, 0.15) is 16.5 Å². The first-order chi connectivity index (χ1) is 12.1. The van der Waals surface area contributed by atoms with Crippen LogP contribution >= 0.6 is 27.3 Å². The molecule has 3 rings (SSSR count). The lowest BCUT2D eigenvalue weighted by Crippen LogP contribution is -2.15. The van der Waals surface area contributed by atoms with E-state index < -0.39 is 31.4 Å². The Hall–Kier alpha value is -1.88. The molecule has 3 aromatic rings. The molecule has 2 N–H and O–H groups in total. The maximum absolute atomic E-state index is 14.5. The quantitative estimate of drug-likeness (QED) is 0.648.